The van der Waals surface area contributed by atoms with Crippen molar-refractivity contribution in [3.05, 3.63) is 21.9 Å². The average molecular weight is 192 g/mol. The van der Waals surface area contributed by atoms with Gasteiger partial charge in [0, 0.05) is 10.3 Å². The summed E-state index contributed by atoms with van der Waals surface area (Å²) < 4.78 is 0. The lowest BCUT2D eigenvalue weighted by atomic mass is 10.0. The molecule has 2 rings (SSSR count). The number of rotatable bonds is 1. The first-order valence-electron chi connectivity index (χ1n) is 4.28. The zero-order valence-corrected chi connectivity index (χ0v) is 8.61. The van der Waals surface area contributed by atoms with Crippen molar-refractivity contribution in [2.75, 3.05) is 0 Å². The SMILES string of the molecule is CC1(C)CC1(N)c1cc(C#N)cs1. The molecule has 2 nitrogen and oxygen atoms in total. The van der Waals surface area contributed by atoms with Crippen LogP contribution in [0.2, 0.25) is 0 Å². The van der Waals surface area contributed by atoms with E-state index in [1.807, 2.05) is 11.4 Å². The van der Waals surface area contributed by atoms with E-state index < -0.39 is 0 Å². The molecule has 68 valence electrons. The van der Waals surface area contributed by atoms with Crippen molar-refractivity contribution in [1.82, 2.24) is 0 Å². The van der Waals surface area contributed by atoms with Gasteiger partial charge in [-0.1, -0.05) is 13.8 Å². The average Bonchev–Trinajstić information content (AvgIpc) is 2.53. The van der Waals surface area contributed by atoms with E-state index in [1.165, 1.54) is 0 Å². The Morgan fingerprint density at radius 2 is 2.23 bits per heavy atom. The van der Waals surface area contributed by atoms with Gasteiger partial charge in [0.2, 0.25) is 0 Å². The molecule has 13 heavy (non-hydrogen) atoms. The summed E-state index contributed by atoms with van der Waals surface area (Å²) in [6.07, 6.45) is 1.02. The summed E-state index contributed by atoms with van der Waals surface area (Å²) in [5, 5.41) is 10.6. The molecule has 0 spiro atoms. The van der Waals surface area contributed by atoms with Gasteiger partial charge in [0.15, 0.2) is 0 Å². The van der Waals surface area contributed by atoms with E-state index in [0.717, 1.165) is 16.9 Å². The fourth-order valence-corrected chi connectivity index (χ4v) is 2.83. The summed E-state index contributed by atoms with van der Waals surface area (Å²) in [7, 11) is 0. The number of nitriles is 1. The lowest BCUT2D eigenvalue weighted by Crippen LogP contribution is -2.24. The molecular formula is C10H12N2S. The minimum Gasteiger partial charge on any atom is -0.320 e. The van der Waals surface area contributed by atoms with Gasteiger partial charge in [-0.05, 0) is 17.9 Å². The summed E-state index contributed by atoms with van der Waals surface area (Å²) in [4.78, 5) is 1.15. The number of nitrogens with two attached hydrogens (primary N) is 1. The van der Waals surface area contributed by atoms with Crippen molar-refractivity contribution in [3.8, 4) is 6.07 Å². The van der Waals surface area contributed by atoms with Gasteiger partial charge in [-0.25, -0.2) is 0 Å². The molecule has 0 aromatic carbocycles. The third-order valence-corrected chi connectivity index (χ3v) is 4.08. The number of nitrogens with zero attached hydrogens (tertiary/aromatic N) is 1. The Bertz CT molecular complexity index is 386. The minimum atomic E-state index is -0.174. The second-order valence-electron chi connectivity index (χ2n) is 4.34. The van der Waals surface area contributed by atoms with Gasteiger partial charge in [0.25, 0.3) is 0 Å². The highest BCUT2D eigenvalue weighted by molar-refractivity contribution is 7.10. The molecule has 1 aliphatic rings. The Labute approximate surface area is 82.0 Å². The molecule has 1 aliphatic carbocycles. The van der Waals surface area contributed by atoms with Crippen LogP contribution in [0.1, 0.15) is 30.7 Å². The van der Waals surface area contributed by atoms with Crippen molar-refractivity contribution < 1.29 is 0 Å². The van der Waals surface area contributed by atoms with Gasteiger partial charge >= 0.3 is 0 Å². The molecule has 1 aromatic rings. The first-order chi connectivity index (χ1) is 5.99. The third kappa shape index (κ3) is 1.10. The van der Waals surface area contributed by atoms with Crippen LogP contribution in [0.3, 0.4) is 0 Å². The molecule has 1 heterocycles. The van der Waals surface area contributed by atoms with Gasteiger partial charge in [-0.15, -0.1) is 11.3 Å². The van der Waals surface area contributed by atoms with Gasteiger partial charge in [0.05, 0.1) is 11.1 Å². The lowest BCUT2D eigenvalue weighted by Gasteiger charge is -2.11. The van der Waals surface area contributed by atoms with Crippen molar-refractivity contribution in [1.29, 1.82) is 5.26 Å². The molecule has 1 unspecified atom stereocenters. The fraction of sp³-hybridized carbons (Fsp3) is 0.500. The van der Waals surface area contributed by atoms with Crippen LogP contribution >= 0.6 is 11.3 Å². The van der Waals surface area contributed by atoms with Crippen LogP contribution in [0.5, 0.6) is 0 Å². The van der Waals surface area contributed by atoms with Crippen molar-refractivity contribution in [2.24, 2.45) is 11.1 Å². The van der Waals surface area contributed by atoms with Crippen LogP contribution in [0.4, 0.5) is 0 Å². The standard InChI is InChI=1S/C10H12N2S/c1-9(2)6-10(9,12)8-3-7(4-11)5-13-8/h3,5H,6,12H2,1-2H3. The van der Waals surface area contributed by atoms with E-state index in [2.05, 4.69) is 19.9 Å². The predicted octanol–water partition coefficient (Wildman–Crippen LogP) is 2.20. The minimum absolute atomic E-state index is 0.174. The van der Waals surface area contributed by atoms with E-state index in [9.17, 15) is 0 Å². The molecule has 2 N–H and O–H groups in total. The number of hydrogen-bond acceptors (Lipinski definition) is 3. The molecule has 0 saturated heterocycles. The second-order valence-corrected chi connectivity index (χ2v) is 5.25. The highest BCUT2D eigenvalue weighted by atomic mass is 32.1. The smallest absolute Gasteiger partial charge is 0.100 e. The van der Waals surface area contributed by atoms with E-state index in [0.29, 0.717) is 0 Å². The first-order valence-corrected chi connectivity index (χ1v) is 5.15. The molecule has 1 atom stereocenters. The maximum atomic E-state index is 8.68. The maximum Gasteiger partial charge on any atom is 0.100 e. The highest BCUT2D eigenvalue weighted by Crippen LogP contribution is 2.61. The zero-order valence-electron chi connectivity index (χ0n) is 7.79. The number of hydrogen-bond donors (Lipinski definition) is 1. The maximum absolute atomic E-state index is 8.68. The lowest BCUT2D eigenvalue weighted by molar-refractivity contribution is 0.516. The molecular weight excluding hydrogens is 180 g/mol. The van der Waals surface area contributed by atoms with Gasteiger partial charge in [-0.2, -0.15) is 5.26 Å². The van der Waals surface area contributed by atoms with E-state index >= 15 is 0 Å². The van der Waals surface area contributed by atoms with Crippen LogP contribution < -0.4 is 5.73 Å². The summed E-state index contributed by atoms with van der Waals surface area (Å²) >= 11 is 1.60. The van der Waals surface area contributed by atoms with Gasteiger partial charge in [-0.3, -0.25) is 0 Å². The molecule has 1 saturated carbocycles. The summed E-state index contributed by atoms with van der Waals surface area (Å²) in [5.41, 5.74) is 6.97. The Balaban J connectivity index is 2.34. The second kappa shape index (κ2) is 2.34. The van der Waals surface area contributed by atoms with Gasteiger partial charge in [0.1, 0.15) is 6.07 Å². The zero-order chi connectivity index (χ0) is 9.69. The van der Waals surface area contributed by atoms with Crippen LogP contribution in [-0.2, 0) is 5.54 Å². The van der Waals surface area contributed by atoms with E-state index in [-0.39, 0.29) is 11.0 Å². The first kappa shape index (κ1) is 8.74. The molecule has 0 amide bonds. The quantitative estimate of drug-likeness (QED) is 0.741. The number of thiophene rings is 1. The Hall–Kier alpha value is -0.850. The largest absolute Gasteiger partial charge is 0.320 e. The molecule has 0 radical (unpaired) electrons. The molecule has 3 heteroatoms. The summed E-state index contributed by atoms with van der Waals surface area (Å²) in [6.45, 7) is 4.33. The highest BCUT2D eigenvalue weighted by Gasteiger charge is 2.60. The third-order valence-electron chi connectivity index (χ3n) is 2.97. The van der Waals surface area contributed by atoms with Crippen molar-refractivity contribution in [2.45, 2.75) is 25.8 Å². The molecule has 0 bridgehead atoms. The normalized spacial score (nSPS) is 29.7. The van der Waals surface area contributed by atoms with Crippen molar-refractivity contribution in [3.63, 3.8) is 0 Å². The molecule has 0 aliphatic heterocycles. The van der Waals surface area contributed by atoms with Crippen LogP contribution in [-0.4, -0.2) is 0 Å². The Kier molecular flexibility index (Phi) is 1.57. The Morgan fingerprint density at radius 1 is 1.62 bits per heavy atom. The summed E-state index contributed by atoms with van der Waals surface area (Å²) in [6, 6.07) is 4.05. The molecule has 1 aromatic heterocycles. The van der Waals surface area contributed by atoms with Crippen LogP contribution in [0.25, 0.3) is 0 Å². The van der Waals surface area contributed by atoms with E-state index in [1.54, 1.807) is 11.3 Å². The topological polar surface area (TPSA) is 49.8 Å². The monoisotopic (exact) mass is 192 g/mol. The predicted molar refractivity (Wildman–Crippen MR) is 53.3 cm³/mol. The van der Waals surface area contributed by atoms with E-state index in [4.69, 9.17) is 11.0 Å². The van der Waals surface area contributed by atoms with Gasteiger partial charge < -0.3 is 5.73 Å². The molecule has 1 fully saturated rings. The van der Waals surface area contributed by atoms with Crippen LogP contribution in [0.15, 0.2) is 11.4 Å². The fourth-order valence-electron chi connectivity index (χ4n) is 1.70. The Morgan fingerprint density at radius 3 is 2.62 bits per heavy atom. The van der Waals surface area contributed by atoms with Crippen molar-refractivity contribution >= 4 is 11.3 Å². The summed E-state index contributed by atoms with van der Waals surface area (Å²) in [5.74, 6) is 0. The van der Waals surface area contributed by atoms with Crippen LogP contribution in [0, 0.1) is 16.7 Å².